The van der Waals surface area contributed by atoms with E-state index in [2.05, 4.69) is 5.32 Å². The minimum absolute atomic E-state index is 0.0268. The van der Waals surface area contributed by atoms with Crippen LogP contribution in [0.5, 0.6) is 0 Å². The van der Waals surface area contributed by atoms with Crippen molar-refractivity contribution in [1.29, 1.82) is 0 Å². The summed E-state index contributed by atoms with van der Waals surface area (Å²) in [6, 6.07) is 9.89. The standard InChI is InChI=1S/C21H24FN3O2/c1-13(2)23-21(27)24-10-14-9-15(12-24)20-17(7-8-19(26)25(20)11-14)16-5-3-4-6-18(16)22/h3-8,13-15H,9-12H2,1-2H3,(H,23,27)/t14-,15+/m0/s1. The first-order valence-electron chi connectivity index (χ1n) is 9.48. The van der Waals surface area contributed by atoms with Crippen LogP contribution in [-0.2, 0) is 6.54 Å². The van der Waals surface area contributed by atoms with Gasteiger partial charge in [-0.2, -0.15) is 0 Å². The van der Waals surface area contributed by atoms with Crippen LogP contribution in [0.1, 0.15) is 31.9 Å². The highest BCUT2D eigenvalue weighted by Gasteiger charge is 2.38. The summed E-state index contributed by atoms with van der Waals surface area (Å²) >= 11 is 0. The molecule has 27 heavy (non-hydrogen) atoms. The van der Waals surface area contributed by atoms with Crippen molar-refractivity contribution < 1.29 is 9.18 Å². The minimum atomic E-state index is -0.300. The van der Waals surface area contributed by atoms with E-state index in [1.54, 1.807) is 28.8 Å². The molecule has 0 aliphatic carbocycles. The van der Waals surface area contributed by atoms with Gasteiger partial charge in [0.25, 0.3) is 5.56 Å². The quantitative estimate of drug-likeness (QED) is 0.884. The number of hydrogen-bond acceptors (Lipinski definition) is 2. The van der Waals surface area contributed by atoms with Gasteiger partial charge in [0.05, 0.1) is 0 Å². The number of fused-ring (bicyclic) bond motifs is 4. The number of amides is 2. The maximum Gasteiger partial charge on any atom is 0.317 e. The highest BCUT2D eigenvalue weighted by Crippen LogP contribution is 2.40. The molecule has 142 valence electrons. The van der Waals surface area contributed by atoms with Gasteiger partial charge in [0.2, 0.25) is 0 Å². The molecular formula is C21H24FN3O2. The van der Waals surface area contributed by atoms with Crippen molar-refractivity contribution in [3.8, 4) is 11.1 Å². The van der Waals surface area contributed by atoms with Crippen molar-refractivity contribution >= 4 is 6.03 Å². The molecule has 4 rings (SSSR count). The molecule has 2 aliphatic heterocycles. The number of carbonyl (C=O) groups is 1. The second-order valence-electron chi connectivity index (χ2n) is 7.87. The first-order valence-corrected chi connectivity index (χ1v) is 9.48. The molecule has 5 nitrogen and oxygen atoms in total. The van der Waals surface area contributed by atoms with E-state index < -0.39 is 0 Å². The van der Waals surface area contributed by atoms with Gasteiger partial charge in [-0.15, -0.1) is 0 Å². The lowest BCUT2D eigenvalue weighted by molar-refractivity contribution is 0.130. The van der Waals surface area contributed by atoms with Gasteiger partial charge in [0.15, 0.2) is 0 Å². The Balaban J connectivity index is 1.76. The van der Waals surface area contributed by atoms with Crippen LogP contribution in [0.3, 0.4) is 0 Å². The largest absolute Gasteiger partial charge is 0.336 e. The summed E-state index contributed by atoms with van der Waals surface area (Å²) < 4.78 is 16.2. The number of rotatable bonds is 2. The zero-order valence-electron chi connectivity index (χ0n) is 15.6. The van der Waals surface area contributed by atoms with Crippen molar-refractivity contribution in [2.75, 3.05) is 13.1 Å². The minimum Gasteiger partial charge on any atom is -0.336 e. The fourth-order valence-corrected chi connectivity index (χ4v) is 4.43. The average Bonchev–Trinajstić information content (AvgIpc) is 2.62. The Hall–Kier alpha value is -2.63. The van der Waals surface area contributed by atoms with E-state index in [-0.39, 0.29) is 35.3 Å². The number of halogens is 1. The molecule has 0 unspecified atom stereocenters. The SMILES string of the molecule is CC(C)NC(=O)N1C[C@@H]2C[C@H](C1)c1c(-c3ccccc3F)ccc(=O)n1C2. The van der Waals surface area contributed by atoms with E-state index in [0.29, 0.717) is 25.2 Å². The monoisotopic (exact) mass is 369 g/mol. The van der Waals surface area contributed by atoms with Crippen LogP contribution in [0.4, 0.5) is 9.18 Å². The first kappa shape index (κ1) is 17.8. The van der Waals surface area contributed by atoms with E-state index >= 15 is 0 Å². The molecule has 2 aromatic rings. The topological polar surface area (TPSA) is 54.3 Å². The molecular weight excluding hydrogens is 345 g/mol. The van der Waals surface area contributed by atoms with Crippen LogP contribution in [0.25, 0.3) is 11.1 Å². The third kappa shape index (κ3) is 3.24. The molecule has 2 bridgehead atoms. The Morgan fingerprint density at radius 2 is 1.89 bits per heavy atom. The lowest BCUT2D eigenvalue weighted by atomic mass is 9.80. The summed E-state index contributed by atoms with van der Waals surface area (Å²) in [6.45, 7) is 5.63. The summed E-state index contributed by atoms with van der Waals surface area (Å²) in [4.78, 5) is 26.9. The number of pyridine rings is 1. The zero-order valence-corrected chi connectivity index (χ0v) is 15.6. The number of nitrogens with zero attached hydrogens (tertiary/aromatic N) is 2. The molecule has 1 saturated heterocycles. The third-order valence-corrected chi connectivity index (χ3v) is 5.45. The van der Waals surface area contributed by atoms with E-state index in [1.165, 1.54) is 12.1 Å². The van der Waals surface area contributed by atoms with E-state index in [0.717, 1.165) is 17.7 Å². The maximum absolute atomic E-state index is 14.5. The number of urea groups is 1. The van der Waals surface area contributed by atoms with Crippen LogP contribution in [-0.4, -0.2) is 34.6 Å². The Morgan fingerprint density at radius 3 is 2.63 bits per heavy atom. The van der Waals surface area contributed by atoms with Gasteiger partial charge in [0.1, 0.15) is 5.82 Å². The van der Waals surface area contributed by atoms with Crippen LogP contribution in [0, 0.1) is 11.7 Å². The molecule has 0 radical (unpaired) electrons. The Bertz CT molecular complexity index is 937. The number of carbonyl (C=O) groups excluding carboxylic acids is 1. The summed E-state index contributed by atoms with van der Waals surface area (Å²) in [5.41, 5.74) is 2.05. The molecule has 1 aromatic heterocycles. The molecule has 2 atom stereocenters. The number of likely N-dealkylation sites (tertiary alicyclic amines) is 1. The summed E-state index contributed by atoms with van der Waals surface area (Å²) in [5.74, 6) is -0.0343. The first-order chi connectivity index (χ1) is 12.9. The van der Waals surface area contributed by atoms with Crippen LogP contribution < -0.4 is 10.9 Å². The summed E-state index contributed by atoms with van der Waals surface area (Å²) in [5, 5.41) is 2.95. The van der Waals surface area contributed by atoms with Gasteiger partial charge in [-0.25, -0.2) is 9.18 Å². The molecule has 1 N–H and O–H groups in total. The molecule has 0 spiro atoms. The predicted octanol–water partition coefficient (Wildman–Crippen LogP) is 3.19. The van der Waals surface area contributed by atoms with Gasteiger partial charge in [-0.1, -0.05) is 18.2 Å². The fourth-order valence-electron chi connectivity index (χ4n) is 4.43. The predicted molar refractivity (Wildman–Crippen MR) is 102 cm³/mol. The number of benzene rings is 1. The smallest absolute Gasteiger partial charge is 0.317 e. The molecule has 1 fully saturated rings. The van der Waals surface area contributed by atoms with Crippen LogP contribution in [0.2, 0.25) is 0 Å². The van der Waals surface area contributed by atoms with E-state index in [1.807, 2.05) is 18.7 Å². The summed E-state index contributed by atoms with van der Waals surface area (Å²) in [6.07, 6.45) is 0.913. The number of aromatic nitrogens is 1. The van der Waals surface area contributed by atoms with Crippen molar-refractivity contribution in [2.45, 2.75) is 38.8 Å². The van der Waals surface area contributed by atoms with Crippen molar-refractivity contribution in [3.05, 3.63) is 58.3 Å². The van der Waals surface area contributed by atoms with Crippen molar-refractivity contribution in [2.24, 2.45) is 5.92 Å². The molecule has 2 amide bonds. The second-order valence-corrected chi connectivity index (χ2v) is 7.87. The highest BCUT2D eigenvalue weighted by molar-refractivity contribution is 5.75. The third-order valence-electron chi connectivity index (χ3n) is 5.45. The van der Waals surface area contributed by atoms with E-state index in [4.69, 9.17) is 0 Å². The normalized spacial score (nSPS) is 21.1. The van der Waals surface area contributed by atoms with Crippen LogP contribution in [0.15, 0.2) is 41.2 Å². The lowest BCUT2D eigenvalue weighted by Crippen LogP contribution is -2.53. The lowest BCUT2D eigenvalue weighted by Gasteiger charge is -2.43. The molecule has 3 heterocycles. The van der Waals surface area contributed by atoms with Crippen molar-refractivity contribution in [1.82, 2.24) is 14.8 Å². The van der Waals surface area contributed by atoms with Gasteiger partial charge in [-0.3, -0.25) is 4.79 Å². The molecule has 6 heteroatoms. The van der Waals surface area contributed by atoms with Crippen molar-refractivity contribution in [3.63, 3.8) is 0 Å². The van der Waals surface area contributed by atoms with E-state index in [9.17, 15) is 14.0 Å². The van der Waals surface area contributed by atoms with Gasteiger partial charge in [0, 0.05) is 54.5 Å². The van der Waals surface area contributed by atoms with Gasteiger partial charge in [-0.05, 0) is 38.3 Å². The number of piperidine rings is 1. The molecule has 1 aromatic carbocycles. The highest BCUT2D eigenvalue weighted by atomic mass is 19.1. The average molecular weight is 369 g/mol. The Kier molecular flexibility index (Phi) is 4.50. The molecule has 2 aliphatic rings. The summed E-state index contributed by atoms with van der Waals surface area (Å²) in [7, 11) is 0. The number of nitrogens with one attached hydrogen (secondary N) is 1. The van der Waals surface area contributed by atoms with Gasteiger partial charge >= 0.3 is 6.03 Å². The second kappa shape index (κ2) is 6.83. The van der Waals surface area contributed by atoms with Gasteiger partial charge < -0.3 is 14.8 Å². The number of hydrogen-bond donors (Lipinski definition) is 1. The Morgan fingerprint density at radius 1 is 1.11 bits per heavy atom. The maximum atomic E-state index is 14.5. The zero-order chi connectivity index (χ0) is 19.1. The molecule has 0 saturated carbocycles. The van der Waals surface area contributed by atoms with Crippen LogP contribution >= 0.6 is 0 Å². The Labute approximate surface area is 157 Å². The fraction of sp³-hybridized carbons (Fsp3) is 0.429.